The lowest BCUT2D eigenvalue weighted by molar-refractivity contribution is -0.114. The Morgan fingerprint density at radius 3 is 2.58 bits per heavy atom. The van der Waals surface area contributed by atoms with E-state index in [9.17, 15) is 4.79 Å². The van der Waals surface area contributed by atoms with E-state index in [1.165, 1.54) is 12.5 Å². The summed E-state index contributed by atoms with van der Waals surface area (Å²) in [6.07, 6.45) is 7.78. The molecule has 0 bridgehead atoms. The molecule has 0 atom stereocenters. The third-order valence-electron chi connectivity index (χ3n) is 5.20. The van der Waals surface area contributed by atoms with E-state index in [0.717, 1.165) is 45.5 Å². The van der Waals surface area contributed by atoms with E-state index >= 15 is 0 Å². The van der Waals surface area contributed by atoms with Crippen molar-refractivity contribution in [1.82, 2.24) is 19.7 Å². The lowest BCUT2D eigenvalue weighted by Crippen LogP contribution is -2.05. The van der Waals surface area contributed by atoms with Crippen molar-refractivity contribution < 1.29 is 4.79 Å². The number of fused-ring (bicyclic) bond motifs is 1. The molecular weight excluding hydrogens is 386 g/mol. The fourth-order valence-corrected chi connectivity index (χ4v) is 3.71. The first kappa shape index (κ1) is 18.8. The summed E-state index contributed by atoms with van der Waals surface area (Å²) < 4.78 is 1.95. The van der Waals surface area contributed by atoms with Crippen molar-refractivity contribution in [2.75, 3.05) is 5.32 Å². The molecule has 3 heterocycles. The van der Waals surface area contributed by atoms with Crippen molar-refractivity contribution in [1.29, 1.82) is 0 Å². The first-order valence-electron chi connectivity index (χ1n) is 10.1. The third kappa shape index (κ3) is 3.96. The number of rotatable bonds is 5. The number of carbonyl (C=O) groups excluding carboxylic acids is 1. The Morgan fingerprint density at radius 1 is 1.00 bits per heavy atom. The van der Waals surface area contributed by atoms with Crippen molar-refractivity contribution in [3.63, 3.8) is 0 Å². The van der Waals surface area contributed by atoms with Crippen LogP contribution in [0.3, 0.4) is 0 Å². The van der Waals surface area contributed by atoms with Crippen LogP contribution in [0.15, 0.2) is 85.5 Å². The van der Waals surface area contributed by atoms with Crippen LogP contribution >= 0.6 is 0 Å². The van der Waals surface area contributed by atoms with E-state index < -0.39 is 0 Å². The molecule has 1 amide bonds. The van der Waals surface area contributed by atoms with Gasteiger partial charge < -0.3 is 10.3 Å². The molecule has 0 saturated carbocycles. The molecule has 2 N–H and O–H groups in total. The molecule has 0 fully saturated rings. The molecule has 5 aromatic rings. The number of hydrogen-bond donors (Lipinski definition) is 2. The van der Waals surface area contributed by atoms with Crippen LogP contribution in [-0.2, 0) is 11.3 Å². The van der Waals surface area contributed by atoms with Crippen molar-refractivity contribution in [3.05, 3.63) is 91.0 Å². The zero-order valence-electron chi connectivity index (χ0n) is 17.0. The number of nitrogens with zero attached hydrogens (tertiary/aromatic N) is 3. The fourth-order valence-electron chi connectivity index (χ4n) is 3.71. The molecule has 2 aromatic carbocycles. The van der Waals surface area contributed by atoms with Gasteiger partial charge in [0, 0.05) is 53.3 Å². The van der Waals surface area contributed by atoms with Crippen LogP contribution in [0.2, 0.25) is 0 Å². The van der Waals surface area contributed by atoms with E-state index in [1.54, 1.807) is 0 Å². The highest BCUT2D eigenvalue weighted by atomic mass is 16.1. The second kappa shape index (κ2) is 7.91. The van der Waals surface area contributed by atoms with Crippen molar-refractivity contribution in [2.45, 2.75) is 13.5 Å². The predicted octanol–water partition coefficient (Wildman–Crippen LogP) is 5.10. The van der Waals surface area contributed by atoms with Crippen molar-refractivity contribution in [3.8, 4) is 22.3 Å². The zero-order chi connectivity index (χ0) is 21.2. The maximum absolute atomic E-state index is 11.2. The Labute approximate surface area is 179 Å². The molecule has 0 aliphatic carbocycles. The highest BCUT2D eigenvalue weighted by Crippen LogP contribution is 2.31. The Kier molecular flexibility index (Phi) is 4.80. The molecule has 0 saturated heterocycles. The maximum atomic E-state index is 11.2. The largest absolute Gasteiger partial charge is 0.346 e. The first-order valence-corrected chi connectivity index (χ1v) is 10.1. The van der Waals surface area contributed by atoms with Gasteiger partial charge in [0.25, 0.3) is 0 Å². The minimum atomic E-state index is -0.0828. The molecule has 31 heavy (non-hydrogen) atoms. The average Bonchev–Trinajstić information content (AvgIpc) is 3.41. The molecule has 152 valence electrons. The van der Waals surface area contributed by atoms with Crippen LogP contribution in [0.4, 0.5) is 5.69 Å². The van der Waals surface area contributed by atoms with Crippen molar-refractivity contribution in [2.24, 2.45) is 0 Å². The summed E-state index contributed by atoms with van der Waals surface area (Å²) in [5.41, 5.74) is 6.99. The summed E-state index contributed by atoms with van der Waals surface area (Å²) in [6, 6.07) is 20.2. The standard InChI is InChI=1S/C25H21N5O/c1-17(31)29-22-9-7-19(8-10-22)20-11-23-24(14-27-25(23)26-12-20)21-13-28-30(16-21)15-18-5-3-2-4-6-18/h2-14,16H,15H2,1H3,(H,26,27)(H,29,31). The smallest absolute Gasteiger partial charge is 0.221 e. The molecule has 5 rings (SSSR count). The van der Waals surface area contributed by atoms with E-state index in [1.807, 2.05) is 65.7 Å². The van der Waals surface area contributed by atoms with E-state index in [4.69, 9.17) is 0 Å². The summed E-state index contributed by atoms with van der Waals surface area (Å²) in [4.78, 5) is 19.1. The summed E-state index contributed by atoms with van der Waals surface area (Å²) >= 11 is 0. The van der Waals surface area contributed by atoms with Crippen LogP contribution in [0.25, 0.3) is 33.3 Å². The van der Waals surface area contributed by atoms with Crippen LogP contribution < -0.4 is 5.32 Å². The van der Waals surface area contributed by atoms with Gasteiger partial charge in [-0.3, -0.25) is 9.48 Å². The number of H-pyrrole nitrogens is 1. The minimum Gasteiger partial charge on any atom is -0.346 e. The summed E-state index contributed by atoms with van der Waals surface area (Å²) in [5, 5.41) is 8.37. The molecule has 0 radical (unpaired) electrons. The Balaban J connectivity index is 1.45. The second-order valence-electron chi connectivity index (χ2n) is 7.49. The summed E-state index contributed by atoms with van der Waals surface area (Å²) in [7, 11) is 0. The normalized spacial score (nSPS) is 11.0. The zero-order valence-corrected chi connectivity index (χ0v) is 17.0. The predicted molar refractivity (Wildman–Crippen MR) is 123 cm³/mol. The minimum absolute atomic E-state index is 0.0828. The van der Waals surface area contributed by atoms with Gasteiger partial charge in [0.05, 0.1) is 12.7 Å². The molecular formula is C25H21N5O. The van der Waals surface area contributed by atoms with Crippen LogP contribution in [0.5, 0.6) is 0 Å². The number of hydrogen-bond acceptors (Lipinski definition) is 3. The topological polar surface area (TPSA) is 75.6 Å². The molecule has 0 aliphatic rings. The van der Waals surface area contributed by atoms with Gasteiger partial charge in [-0.2, -0.15) is 5.10 Å². The van der Waals surface area contributed by atoms with E-state index in [0.29, 0.717) is 0 Å². The molecule has 6 nitrogen and oxygen atoms in total. The Morgan fingerprint density at radius 2 is 1.81 bits per heavy atom. The SMILES string of the molecule is CC(=O)Nc1ccc(-c2cnc3[nH]cc(-c4cnn(Cc5ccccc5)c4)c3c2)cc1. The lowest BCUT2D eigenvalue weighted by Gasteiger charge is -2.05. The number of anilines is 1. The number of pyridine rings is 1. The highest BCUT2D eigenvalue weighted by Gasteiger charge is 2.11. The molecule has 0 unspecified atom stereocenters. The van der Waals surface area contributed by atoms with E-state index in [-0.39, 0.29) is 5.91 Å². The van der Waals surface area contributed by atoms with Crippen LogP contribution in [-0.4, -0.2) is 25.7 Å². The Bertz CT molecular complexity index is 1350. The number of benzene rings is 2. The van der Waals surface area contributed by atoms with Crippen LogP contribution in [0.1, 0.15) is 12.5 Å². The first-order chi connectivity index (χ1) is 15.2. The summed E-state index contributed by atoms with van der Waals surface area (Å²) in [5.74, 6) is -0.0828. The van der Waals surface area contributed by atoms with Crippen molar-refractivity contribution >= 4 is 22.6 Å². The molecule has 3 aromatic heterocycles. The quantitative estimate of drug-likeness (QED) is 0.426. The molecule has 0 aliphatic heterocycles. The van der Waals surface area contributed by atoms with Gasteiger partial charge in [-0.25, -0.2) is 4.98 Å². The van der Waals surface area contributed by atoms with Gasteiger partial charge in [0.15, 0.2) is 0 Å². The second-order valence-corrected chi connectivity index (χ2v) is 7.49. The number of amides is 1. The van der Waals surface area contributed by atoms with Gasteiger partial charge >= 0.3 is 0 Å². The fraction of sp³-hybridized carbons (Fsp3) is 0.0800. The third-order valence-corrected chi connectivity index (χ3v) is 5.20. The maximum Gasteiger partial charge on any atom is 0.221 e. The van der Waals surface area contributed by atoms with Gasteiger partial charge in [-0.1, -0.05) is 42.5 Å². The van der Waals surface area contributed by atoms with Crippen LogP contribution in [0, 0.1) is 0 Å². The average molecular weight is 407 g/mol. The highest BCUT2D eigenvalue weighted by molar-refractivity contribution is 5.95. The van der Waals surface area contributed by atoms with Gasteiger partial charge in [-0.05, 0) is 29.3 Å². The summed E-state index contributed by atoms with van der Waals surface area (Å²) in [6.45, 7) is 2.23. The lowest BCUT2D eigenvalue weighted by atomic mass is 10.0. The number of aromatic amines is 1. The van der Waals surface area contributed by atoms with Gasteiger partial charge in [0.1, 0.15) is 5.65 Å². The van der Waals surface area contributed by atoms with Gasteiger partial charge in [-0.15, -0.1) is 0 Å². The molecule has 0 spiro atoms. The number of carbonyl (C=O) groups is 1. The monoisotopic (exact) mass is 407 g/mol. The Hall–Kier alpha value is -4.19. The number of nitrogens with one attached hydrogen (secondary N) is 2. The number of aromatic nitrogens is 4. The van der Waals surface area contributed by atoms with Gasteiger partial charge in [0.2, 0.25) is 5.91 Å². The van der Waals surface area contributed by atoms with E-state index in [2.05, 4.69) is 44.8 Å². The molecule has 6 heteroatoms.